The summed E-state index contributed by atoms with van der Waals surface area (Å²) in [5.41, 5.74) is 6.44. The summed E-state index contributed by atoms with van der Waals surface area (Å²) in [4.78, 5) is 18.0. The van der Waals surface area contributed by atoms with Crippen molar-refractivity contribution in [2.75, 3.05) is 20.3 Å². The average molecular weight is 213 g/mol. The van der Waals surface area contributed by atoms with Crippen LogP contribution in [-0.2, 0) is 20.7 Å². The lowest BCUT2D eigenvalue weighted by molar-refractivity contribution is -0.146. The Morgan fingerprint density at radius 3 is 3.07 bits per heavy atom. The molecule has 0 fully saturated rings. The first-order valence-corrected chi connectivity index (χ1v) is 4.62. The number of nitrogens with two attached hydrogens (primary N) is 1. The van der Waals surface area contributed by atoms with Crippen LogP contribution in [0.3, 0.4) is 0 Å². The molecule has 0 bridgehead atoms. The zero-order valence-corrected chi connectivity index (χ0v) is 8.60. The van der Waals surface area contributed by atoms with Crippen LogP contribution < -0.4 is 5.73 Å². The zero-order valence-electron chi connectivity index (χ0n) is 8.60. The maximum atomic E-state index is 11.3. The Labute approximate surface area is 87.8 Å². The molecule has 0 saturated carbocycles. The molecular formula is C9H15N3O3. The van der Waals surface area contributed by atoms with E-state index in [0.29, 0.717) is 13.0 Å². The second-order valence-electron chi connectivity index (χ2n) is 3.05. The molecule has 6 nitrogen and oxygen atoms in total. The molecule has 0 saturated heterocycles. The molecule has 6 heteroatoms. The van der Waals surface area contributed by atoms with E-state index in [1.54, 1.807) is 13.3 Å². The van der Waals surface area contributed by atoms with Gasteiger partial charge in [-0.2, -0.15) is 0 Å². The molecule has 0 amide bonds. The molecule has 0 unspecified atom stereocenters. The van der Waals surface area contributed by atoms with Crippen LogP contribution in [0.25, 0.3) is 0 Å². The molecule has 1 rings (SSSR count). The molecule has 0 radical (unpaired) electrons. The molecule has 84 valence electrons. The van der Waals surface area contributed by atoms with E-state index >= 15 is 0 Å². The maximum Gasteiger partial charge on any atom is 0.323 e. The number of H-pyrrole nitrogens is 1. The van der Waals surface area contributed by atoms with Crippen LogP contribution in [0, 0.1) is 0 Å². The lowest BCUT2D eigenvalue weighted by Gasteiger charge is -2.09. The Hall–Kier alpha value is -1.40. The highest BCUT2D eigenvalue weighted by molar-refractivity contribution is 5.75. The van der Waals surface area contributed by atoms with Crippen molar-refractivity contribution in [3.8, 4) is 0 Å². The van der Waals surface area contributed by atoms with Crippen LogP contribution in [0.1, 0.15) is 5.69 Å². The van der Waals surface area contributed by atoms with E-state index in [2.05, 4.69) is 9.97 Å². The van der Waals surface area contributed by atoms with Gasteiger partial charge in [-0.3, -0.25) is 4.79 Å². The van der Waals surface area contributed by atoms with Gasteiger partial charge in [0, 0.05) is 25.4 Å². The molecule has 1 aromatic rings. The summed E-state index contributed by atoms with van der Waals surface area (Å²) in [7, 11) is 1.54. The molecule has 0 aliphatic carbocycles. The van der Waals surface area contributed by atoms with Crippen LogP contribution in [0.2, 0.25) is 0 Å². The quantitative estimate of drug-likeness (QED) is 0.489. The highest BCUT2D eigenvalue weighted by Crippen LogP contribution is 1.98. The van der Waals surface area contributed by atoms with E-state index in [4.69, 9.17) is 15.2 Å². The summed E-state index contributed by atoms with van der Waals surface area (Å²) in [5.74, 6) is -0.429. The summed E-state index contributed by atoms with van der Waals surface area (Å²) in [6.45, 7) is 0.606. The second kappa shape index (κ2) is 6.15. The normalized spacial score (nSPS) is 12.4. The van der Waals surface area contributed by atoms with E-state index in [-0.39, 0.29) is 6.61 Å². The van der Waals surface area contributed by atoms with Gasteiger partial charge in [-0.1, -0.05) is 0 Å². The minimum Gasteiger partial charge on any atom is -0.462 e. The molecule has 1 atom stereocenters. The van der Waals surface area contributed by atoms with Crippen molar-refractivity contribution in [1.29, 1.82) is 0 Å². The van der Waals surface area contributed by atoms with Crippen LogP contribution in [0.15, 0.2) is 12.5 Å². The van der Waals surface area contributed by atoms with Crippen LogP contribution in [-0.4, -0.2) is 42.3 Å². The van der Waals surface area contributed by atoms with Crippen molar-refractivity contribution in [3.05, 3.63) is 18.2 Å². The van der Waals surface area contributed by atoms with E-state index in [1.165, 1.54) is 6.33 Å². The monoisotopic (exact) mass is 213 g/mol. The average Bonchev–Trinajstić information content (AvgIpc) is 2.70. The number of nitrogens with one attached hydrogen (secondary N) is 1. The van der Waals surface area contributed by atoms with Gasteiger partial charge >= 0.3 is 5.97 Å². The SMILES string of the molecule is COCCOC(=O)[C@H](N)Cc1cnc[nH]1. The largest absolute Gasteiger partial charge is 0.462 e. The van der Waals surface area contributed by atoms with Gasteiger partial charge in [-0.05, 0) is 0 Å². The van der Waals surface area contributed by atoms with E-state index in [9.17, 15) is 4.79 Å². The molecule has 3 N–H and O–H groups in total. The van der Waals surface area contributed by atoms with Gasteiger partial charge in [0.2, 0.25) is 0 Å². The van der Waals surface area contributed by atoms with Gasteiger partial charge in [0.05, 0.1) is 12.9 Å². The van der Waals surface area contributed by atoms with Gasteiger partial charge in [0.15, 0.2) is 0 Å². The molecule has 0 aliphatic heterocycles. The van der Waals surface area contributed by atoms with E-state index in [0.717, 1.165) is 5.69 Å². The Balaban J connectivity index is 2.27. The number of carbonyl (C=O) groups is 1. The number of ether oxygens (including phenoxy) is 2. The standard InChI is InChI=1S/C9H15N3O3/c1-14-2-3-15-9(13)8(10)4-7-5-11-6-12-7/h5-6,8H,2-4,10H2,1H3,(H,11,12)/t8-/m1/s1. The molecule has 15 heavy (non-hydrogen) atoms. The summed E-state index contributed by atoms with van der Waals surface area (Å²) in [5, 5.41) is 0. The summed E-state index contributed by atoms with van der Waals surface area (Å²) < 4.78 is 9.61. The number of imidazole rings is 1. The highest BCUT2D eigenvalue weighted by Gasteiger charge is 2.15. The summed E-state index contributed by atoms with van der Waals surface area (Å²) in [6.07, 6.45) is 3.56. The van der Waals surface area contributed by atoms with Crippen molar-refractivity contribution in [2.45, 2.75) is 12.5 Å². The number of aromatic amines is 1. The Morgan fingerprint density at radius 2 is 2.47 bits per heavy atom. The first-order chi connectivity index (χ1) is 7.24. The minimum absolute atomic E-state index is 0.228. The number of aromatic nitrogens is 2. The Bertz CT molecular complexity index is 287. The highest BCUT2D eigenvalue weighted by atomic mass is 16.6. The van der Waals surface area contributed by atoms with Gasteiger partial charge in [-0.15, -0.1) is 0 Å². The molecular weight excluding hydrogens is 198 g/mol. The van der Waals surface area contributed by atoms with Crippen molar-refractivity contribution in [3.63, 3.8) is 0 Å². The number of hydrogen-bond donors (Lipinski definition) is 2. The number of rotatable bonds is 6. The number of hydrogen-bond acceptors (Lipinski definition) is 5. The number of carbonyl (C=O) groups excluding carboxylic acids is 1. The summed E-state index contributed by atoms with van der Waals surface area (Å²) >= 11 is 0. The predicted octanol–water partition coefficient (Wildman–Crippen LogP) is -0.531. The van der Waals surface area contributed by atoms with Crippen LogP contribution in [0.5, 0.6) is 0 Å². The third-order valence-electron chi connectivity index (χ3n) is 1.83. The molecule has 1 aromatic heterocycles. The molecule has 0 aromatic carbocycles. The lowest BCUT2D eigenvalue weighted by atomic mass is 10.2. The number of nitrogens with zero attached hydrogens (tertiary/aromatic N) is 1. The maximum absolute atomic E-state index is 11.3. The fourth-order valence-electron chi connectivity index (χ4n) is 1.05. The first kappa shape index (κ1) is 11.7. The fourth-order valence-corrected chi connectivity index (χ4v) is 1.05. The van der Waals surface area contributed by atoms with Gasteiger partial charge < -0.3 is 20.2 Å². The van der Waals surface area contributed by atoms with Crippen LogP contribution in [0.4, 0.5) is 0 Å². The number of methoxy groups -OCH3 is 1. The van der Waals surface area contributed by atoms with Crippen LogP contribution >= 0.6 is 0 Å². The smallest absolute Gasteiger partial charge is 0.323 e. The molecule has 0 aliphatic rings. The topological polar surface area (TPSA) is 90.2 Å². The number of esters is 1. The molecule has 1 heterocycles. The van der Waals surface area contributed by atoms with E-state index in [1.807, 2.05) is 0 Å². The zero-order chi connectivity index (χ0) is 11.1. The minimum atomic E-state index is -0.665. The van der Waals surface area contributed by atoms with Crippen molar-refractivity contribution < 1.29 is 14.3 Å². The third kappa shape index (κ3) is 4.09. The van der Waals surface area contributed by atoms with Crippen molar-refractivity contribution in [1.82, 2.24) is 9.97 Å². The predicted molar refractivity (Wildman–Crippen MR) is 53.1 cm³/mol. The first-order valence-electron chi connectivity index (χ1n) is 4.62. The van der Waals surface area contributed by atoms with Gasteiger partial charge in [0.1, 0.15) is 12.6 Å². The van der Waals surface area contributed by atoms with Crippen molar-refractivity contribution in [2.24, 2.45) is 5.73 Å². The Kier molecular flexibility index (Phi) is 4.79. The Morgan fingerprint density at radius 1 is 1.67 bits per heavy atom. The second-order valence-corrected chi connectivity index (χ2v) is 3.05. The third-order valence-corrected chi connectivity index (χ3v) is 1.83. The van der Waals surface area contributed by atoms with Gasteiger partial charge in [-0.25, -0.2) is 4.98 Å². The van der Waals surface area contributed by atoms with Crippen molar-refractivity contribution >= 4 is 5.97 Å². The molecule has 0 spiro atoms. The van der Waals surface area contributed by atoms with E-state index < -0.39 is 12.0 Å². The fraction of sp³-hybridized carbons (Fsp3) is 0.556. The summed E-state index contributed by atoms with van der Waals surface area (Å²) in [6, 6.07) is -0.665. The lowest BCUT2D eigenvalue weighted by Crippen LogP contribution is -2.35. The van der Waals surface area contributed by atoms with Gasteiger partial charge in [0.25, 0.3) is 0 Å².